The van der Waals surface area contributed by atoms with Crippen molar-refractivity contribution in [3.05, 3.63) is 86.3 Å². The fourth-order valence-electron chi connectivity index (χ4n) is 5.39. The number of carbonyl (C=O) groups is 1. The molecule has 2 fully saturated rings. The van der Waals surface area contributed by atoms with Crippen LogP contribution in [0.15, 0.2) is 47.4 Å². The SMILES string of the molecule is CC(C)Oc1c(CN2CCC(n3ccc(C(=O)O)cc3=O)CC2)cc(C2CC2)c(-c2ccc(F)cc2F)c1Cl. The Morgan fingerprint density at radius 3 is 2.41 bits per heavy atom. The minimum Gasteiger partial charge on any atom is -0.489 e. The van der Waals surface area contributed by atoms with Gasteiger partial charge in [-0.3, -0.25) is 9.69 Å². The molecule has 3 aromatic rings. The van der Waals surface area contributed by atoms with Crippen LogP contribution in [0.5, 0.6) is 5.75 Å². The standard InChI is InChI=1S/C30H31ClF2N2O4/c1-17(2)39-29-20(13-24(18-3-4-18)27(28(29)31)23-6-5-21(32)15-25(23)33)16-34-10-8-22(9-11-34)35-12-7-19(30(37)38)14-26(35)36/h5-7,12-15,17-18,22H,3-4,8-11,16H2,1-2H3,(H,37,38). The van der Waals surface area contributed by atoms with E-state index >= 15 is 0 Å². The van der Waals surface area contributed by atoms with E-state index in [4.69, 9.17) is 21.4 Å². The number of carboxylic acid groups (broad SMARTS) is 1. The van der Waals surface area contributed by atoms with Crippen molar-refractivity contribution in [3.63, 3.8) is 0 Å². The van der Waals surface area contributed by atoms with E-state index in [-0.39, 0.29) is 34.7 Å². The highest BCUT2D eigenvalue weighted by Gasteiger charge is 2.32. The zero-order valence-corrected chi connectivity index (χ0v) is 22.7. The minimum absolute atomic E-state index is 0.0151. The van der Waals surface area contributed by atoms with Crippen molar-refractivity contribution in [3.8, 4) is 16.9 Å². The Morgan fingerprint density at radius 2 is 1.82 bits per heavy atom. The van der Waals surface area contributed by atoms with Crippen LogP contribution in [0.25, 0.3) is 11.1 Å². The maximum atomic E-state index is 14.9. The van der Waals surface area contributed by atoms with E-state index in [9.17, 15) is 18.4 Å². The maximum absolute atomic E-state index is 14.9. The van der Waals surface area contributed by atoms with Crippen molar-refractivity contribution < 1.29 is 23.4 Å². The van der Waals surface area contributed by atoms with Gasteiger partial charge in [0, 0.05) is 60.7 Å². The van der Waals surface area contributed by atoms with Gasteiger partial charge in [-0.25, -0.2) is 13.6 Å². The normalized spacial score (nSPS) is 16.6. The smallest absolute Gasteiger partial charge is 0.335 e. The highest BCUT2D eigenvalue weighted by Crippen LogP contribution is 2.51. The topological polar surface area (TPSA) is 71.8 Å². The van der Waals surface area contributed by atoms with Crippen molar-refractivity contribution >= 4 is 17.6 Å². The molecule has 1 aliphatic carbocycles. The molecule has 1 saturated heterocycles. The predicted molar refractivity (Wildman–Crippen MR) is 146 cm³/mol. The number of hydrogen-bond donors (Lipinski definition) is 1. The Balaban J connectivity index is 1.42. The highest BCUT2D eigenvalue weighted by molar-refractivity contribution is 6.35. The van der Waals surface area contributed by atoms with Gasteiger partial charge in [0.05, 0.1) is 16.7 Å². The van der Waals surface area contributed by atoms with Gasteiger partial charge in [0.15, 0.2) is 0 Å². The first kappa shape index (κ1) is 27.3. The maximum Gasteiger partial charge on any atom is 0.335 e. The van der Waals surface area contributed by atoms with Crippen LogP contribution >= 0.6 is 11.6 Å². The van der Waals surface area contributed by atoms with Crippen LogP contribution < -0.4 is 10.3 Å². The second-order valence-corrected chi connectivity index (χ2v) is 11.1. The lowest BCUT2D eigenvalue weighted by atomic mass is 9.92. The van der Waals surface area contributed by atoms with Gasteiger partial charge in [-0.1, -0.05) is 11.6 Å². The molecule has 0 spiro atoms. The third kappa shape index (κ3) is 5.87. The third-order valence-corrected chi connectivity index (χ3v) is 7.80. The summed E-state index contributed by atoms with van der Waals surface area (Å²) in [5.74, 6) is -1.64. The van der Waals surface area contributed by atoms with Crippen molar-refractivity contribution in [1.29, 1.82) is 0 Å². The van der Waals surface area contributed by atoms with Gasteiger partial charge in [-0.2, -0.15) is 0 Å². The summed E-state index contributed by atoms with van der Waals surface area (Å²) >= 11 is 6.97. The molecule has 0 radical (unpaired) electrons. The summed E-state index contributed by atoms with van der Waals surface area (Å²) in [6.45, 7) is 5.85. The molecule has 5 rings (SSSR count). The Labute approximate surface area is 230 Å². The molecule has 2 aliphatic rings. The molecule has 2 heterocycles. The number of rotatable bonds is 8. The molecule has 9 heteroatoms. The predicted octanol–water partition coefficient (Wildman–Crippen LogP) is 6.65. The fourth-order valence-corrected chi connectivity index (χ4v) is 5.77. The van der Waals surface area contributed by atoms with E-state index in [2.05, 4.69) is 11.0 Å². The van der Waals surface area contributed by atoms with Crippen LogP contribution in [-0.4, -0.2) is 39.7 Å². The van der Waals surface area contributed by atoms with Crippen molar-refractivity contribution in [2.24, 2.45) is 0 Å². The number of aromatic carboxylic acids is 1. The Hall–Kier alpha value is -3.23. The zero-order chi connectivity index (χ0) is 27.8. The summed E-state index contributed by atoms with van der Waals surface area (Å²) in [5.41, 5.74) is 2.38. The fraction of sp³-hybridized carbons (Fsp3) is 0.400. The zero-order valence-electron chi connectivity index (χ0n) is 21.9. The van der Waals surface area contributed by atoms with Gasteiger partial charge in [-0.15, -0.1) is 0 Å². The second-order valence-electron chi connectivity index (χ2n) is 10.7. The molecule has 6 nitrogen and oxygen atoms in total. The largest absolute Gasteiger partial charge is 0.489 e. The number of benzene rings is 2. The number of piperidine rings is 1. The molecular weight excluding hydrogens is 526 g/mol. The number of aromatic nitrogens is 1. The average molecular weight is 557 g/mol. The molecule has 1 N–H and O–H groups in total. The first-order chi connectivity index (χ1) is 18.6. The van der Waals surface area contributed by atoms with Crippen LogP contribution in [0.1, 0.15) is 73.0 Å². The molecular formula is C30H31ClF2N2O4. The lowest BCUT2D eigenvalue weighted by Crippen LogP contribution is -2.37. The summed E-state index contributed by atoms with van der Waals surface area (Å²) in [4.78, 5) is 26.0. The molecule has 1 aliphatic heterocycles. The molecule has 0 unspecified atom stereocenters. The monoisotopic (exact) mass is 556 g/mol. The Kier molecular flexibility index (Phi) is 7.78. The van der Waals surface area contributed by atoms with Crippen molar-refractivity contribution in [1.82, 2.24) is 9.47 Å². The molecule has 2 aromatic carbocycles. The van der Waals surface area contributed by atoms with Crippen LogP contribution in [0.3, 0.4) is 0 Å². The summed E-state index contributed by atoms with van der Waals surface area (Å²) in [7, 11) is 0. The van der Waals surface area contributed by atoms with E-state index in [1.165, 1.54) is 18.2 Å². The highest BCUT2D eigenvalue weighted by atomic mass is 35.5. The lowest BCUT2D eigenvalue weighted by Gasteiger charge is -2.33. The number of nitrogens with zero attached hydrogens (tertiary/aromatic N) is 2. The van der Waals surface area contributed by atoms with Crippen LogP contribution in [0.2, 0.25) is 5.02 Å². The van der Waals surface area contributed by atoms with Gasteiger partial charge < -0.3 is 14.4 Å². The number of carboxylic acids is 1. The van der Waals surface area contributed by atoms with E-state index in [1.54, 1.807) is 10.8 Å². The summed E-state index contributed by atoms with van der Waals surface area (Å²) in [6.07, 6.45) is 4.83. The number of hydrogen-bond acceptors (Lipinski definition) is 4. The van der Waals surface area contributed by atoms with Gasteiger partial charge in [0.1, 0.15) is 17.4 Å². The molecule has 0 bridgehead atoms. The van der Waals surface area contributed by atoms with Crippen LogP contribution in [-0.2, 0) is 6.54 Å². The first-order valence-electron chi connectivity index (χ1n) is 13.3. The Morgan fingerprint density at radius 1 is 1.10 bits per heavy atom. The molecule has 1 aromatic heterocycles. The summed E-state index contributed by atoms with van der Waals surface area (Å²) in [6, 6.07) is 8.23. The molecule has 39 heavy (non-hydrogen) atoms. The molecule has 0 atom stereocenters. The number of pyridine rings is 1. The van der Waals surface area contributed by atoms with E-state index < -0.39 is 17.6 Å². The third-order valence-electron chi connectivity index (χ3n) is 7.44. The molecule has 206 valence electrons. The second kappa shape index (κ2) is 11.1. The Bertz CT molecular complexity index is 1460. The molecule has 0 amide bonds. The summed E-state index contributed by atoms with van der Waals surface area (Å²) < 4.78 is 36.4. The van der Waals surface area contributed by atoms with Crippen LogP contribution in [0, 0.1) is 11.6 Å². The van der Waals surface area contributed by atoms with E-state index in [0.29, 0.717) is 22.9 Å². The average Bonchev–Trinajstić information content (AvgIpc) is 3.72. The van der Waals surface area contributed by atoms with Crippen LogP contribution in [0.4, 0.5) is 8.78 Å². The van der Waals surface area contributed by atoms with Gasteiger partial charge in [0.2, 0.25) is 0 Å². The van der Waals surface area contributed by atoms with Gasteiger partial charge in [-0.05, 0) is 75.3 Å². The quantitative estimate of drug-likeness (QED) is 0.336. The number of ether oxygens (including phenoxy) is 1. The van der Waals surface area contributed by atoms with E-state index in [1.807, 2.05) is 13.8 Å². The first-order valence-corrected chi connectivity index (χ1v) is 13.6. The number of likely N-dealkylation sites (tertiary alicyclic amines) is 1. The van der Waals surface area contributed by atoms with Crippen molar-refractivity contribution in [2.75, 3.05) is 13.1 Å². The molecule has 1 saturated carbocycles. The van der Waals surface area contributed by atoms with Gasteiger partial charge in [0.25, 0.3) is 5.56 Å². The van der Waals surface area contributed by atoms with E-state index in [0.717, 1.165) is 62.0 Å². The lowest BCUT2D eigenvalue weighted by molar-refractivity contribution is 0.0696. The minimum atomic E-state index is -1.12. The van der Waals surface area contributed by atoms with Gasteiger partial charge >= 0.3 is 5.97 Å². The number of halogens is 3. The van der Waals surface area contributed by atoms with Crippen molar-refractivity contribution in [2.45, 2.75) is 64.1 Å². The summed E-state index contributed by atoms with van der Waals surface area (Å²) in [5, 5.41) is 9.48.